The van der Waals surface area contributed by atoms with Crippen LogP contribution in [0.4, 0.5) is 0 Å². The fourth-order valence-corrected chi connectivity index (χ4v) is 1.65. The third kappa shape index (κ3) is 2.28. The highest BCUT2D eigenvalue weighted by molar-refractivity contribution is 5.84. The number of pyridine rings is 1. The molecule has 1 aromatic heterocycles. The van der Waals surface area contributed by atoms with Crippen molar-refractivity contribution >= 4 is 10.8 Å². The van der Waals surface area contributed by atoms with E-state index in [1.54, 1.807) is 24.4 Å². The van der Waals surface area contributed by atoms with Crippen LogP contribution in [-0.4, -0.2) is 11.3 Å². The maximum absolute atomic E-state index is 9.34. The zero-order chi connectivity index (χ0) is 12.4. The van der Waals surface area contributed by atoms with E-state index >= 15 is 0 Å². The van der Waals surface area contributed by atoms with Crippen molar-refractivity contribution in [1.82, 2.24) is 0 Å². The molecule has 0 aliphatic carbocycles. The average Bonchev–Trinajstić information content (AvgIpc) is 2.27. The molecule has 86 valence electrons. The van der Waals surface area contributed by atoms with Gasteiger partial charge in [0.05, 0.1) is 17.1 Å². The Morgan fingerprint density at radius 2 is 2.12 bits per heavy atom. The number of aromatic nitrogens is 1. The van der Waals surface area contributed by atoms with Crippen molar-refractivity contribution in [2.24, 2.45) is 0 Å². The van der Waals surface area contributed by atoms with E-state index in [2.05, 4.69) is 6.07 Å². The maximum atomic E-state index is 9.34. The van der Waals surface area contributed by atoms with E-state index in [-0.39, 0.29) is 6.10 Å². The van der Waals surface area contributed by atoms with Crippen LogP contribution in [-0.2, 0) is 0 Å². The minimum atomic E-state index is 0.00418. The second-order valence-electron chi connectivity index (χ2n) is 4.08. The molecule has 0 atom stereocenters. The Kier molecular flexibility index (Phi) is 2.84. The molecule has 0 unspecified atom stereocenters. The lowest BCUT2D eigenvalue weighted by Crippen LogP contribution is -2.27. The van der Waals surface area contributed by atoms with Gasteiger partial charge in [-0.1, -0.05) is 0 Å². The van der Waals surface area contributed by atoms with E-state index in [0.717, 1.165) is 15.5 Å². The Labute approximate surface area is 99.3 Å². The summed E-state index contributed by atoms with van der Waals surface area (Å²) < 4.78 is 6.55. The molecule has 17 heavy (non-hydrogen) atoms. The third-order valence-electron chi connectivity index (χ3n) is 2.35. The summed E-state index contributed by atoms with van der Waals surface area (Å²) in [5.41, 5.74) is 0.502. The van der Waals surface area contributed by atoms with Crippen molar-refractivity contribution in [2.45, 2.75) is 20.0 Å². The largest absolute Gasteiger partial charge is 0.490 e. The van der Waals surface area contributed by atoms with Crippen LogP contribution < -0.4 is 9.47 Å². The monoisotopic (exact) mass is 229 g/mol. The van der Waals surface area contributed by atoms with Gasteiger partial charge in [-0.3, -0.25) is 5.21 Å². The molecule has 0 radical (unpaired) electrons. The van der Waals surface area contributed by atoms with Gasteiger partial charge in [0.15, 0.2) is 0 Å². The molecule has 2 aromatic rings. The van der Waals surface area contributed by atoms with Crippen molar-refractivity contribution in [3.63, 3.8) is 0 Å². The first-order valence-electron chi connectivity index (χ1n) is 5.35. The first-order valence-corrected chi connectivity index (χ1v) is 5.35. The zero-order valence-corrected chi connectivity index (χ0v) is 9.71. The molecular weight excluding hydrogens is 216 g/mol. The second kappa shape index (κ2) is 4.30. The fourth-order valence-electron chi connectivity index (χ4n) is 1.65. The summed E-state index contributed by atoms with van der Waals surface area (Å²) in [7, 11) is 0. The van der Waals surface area contributed by atoms with Gasteiger partial charge < -0.3 is 4.74 Å². The number of fused-ring (bicyclic) bond motifs is 1. The van der Waals surface area contributed by atoms with Crippen LogP contribution in [0, 0.1) is 11.3 Å². The van der Waals surface area contributed by atoms with Crippen molar-refractivity contribution in [3.8, 4) is 11.8 Å². The summed E-state index contributed by atoms with van der Waals surface area (Å²) in [5, 5.41) is 20.1. The zero-order valence-electron chi connectivity index (χ0n) is 9.71. The standard InChI is InChI=1S/C13H13N2O2/c1-9(2)17-13-6-12-8-15(16)4-3-10(12)5-11(13)7-14/h3-6,8-9,16H,1-2H3/q+1. The Balaban J connectivity index is 2.62. The summed E-state index contributed by atoms with van der Waals surface area (Å²) in [6, 6.07) is 7.38. The highest BCUT2D eigenvalue weighted by atomic mass is 16.5. The Morgan fingerprint density at radius 3 is 2.76 bits per heavy atom. The summed E-state index contributed by atoms with van der Waals surface area (Å²) in [6.07, 6.45) is 3.10. The quantitative estimate of drug-likeness (QED) is 0.633. The molecule has 1 aromatic carbocycles. The average molecular weight is 229 g/mol. The number of nitrogens with zero attached hydrogens (tertiary/aromatic N) is 2. The molecule has 0 saturated heterocycles. The molecule has 4 nitrogen and oxygen atoms in total. The van der Waals surface area contributed by atoms with E-state index in [1.165, 1.54) is 6.20 Å². The van der Waals surface area contributed by atoms with Crippen LogP contribution in [0.25, 0.3) is 10.8 Å². The van der Waals surface area contributed by atoms with Crippen LogP contribution >= 0.6 is 0 Å². The summed E-state index contributed by atoms with van der Waals surface area (Å²) >= 11 is 0. The summed E-state index contributed by atoms with van der Waals surface area (Å²) in [6.45, 7) is 3.81. The lowest BCUT2D eigenvalue weighted by Gasteiger charge is -2.11. The molecule has 0 aliphatic rings. The predicted molar refractivity (Wildman–Crippen MR) is 61.8 cm³/mol. The maximum Gasteiger partial charge on any atom is 0.230 e. The number of hydrogen-bond acceptors (Lipinski definition) is 3. The predicted octanol–water partition coefficient (Wildman–Crippen LogP) is 2.02. The highest BCUT2D eigenvalue weighted by Gasteiger charge is 2.10. The van der Waals surface area contributed by atoms with Crippen molar-refractivity contribution in [1.29, 1.82) is 5.26 Å². The van der Waals surface area contributed by atoms with Crippen LogP contribution in [0.3, 0.4) is 0 Å². The van der Waals surface area contributed by atoms with Gasteiger partial charge in [0.2, 0.25) is 12.4 Å². The SMILES string of the molecule is CC(C)Oc1cc2c[n+](O)ccc2cc1C#N. The number of nitriles is 1. The van der Waals surface area contributed by atoms with Crippen molar-refractivity contribution < 1.29 is 14.7 Å². The van der Waals surface area contributed by atoms with Gasteiger partial charge in [-0.15, -0.1) is 0 Å². The number of rotatable bonds is 2. The molecule has 0 spiro atoms. The normalized spacial score (nSPS) is 10.5. The van der Waals surface area contributed by atoms with E-state index in [9.17, 15) is 5.21 Å². The minimum absolute atomic E-state index is 0.00418. The molecule has 1 N–H and O–H groups in total. The topological polar surface area (TPSA) is 57.1 Å². The minimum Gasteiger partial charge on any atom is -0.490 e. The molecule has 1 heterocycles. The van der Waals surface area contributed by atoms with Crippen LogP contribution in [0.15, 0.2) is 30.6 Å². The molecule has 0 amide bonds. The van der Waals surface area contributed by atoms with Crippen LogP contribution in [0.1, 0.15) is 19.4 Å². The van der Waals surface area contributed by atoms with E-state index in [0.29, 0.717) is 11.3 Å². The molecule has 0 bridgehead atoms. The third-order valence-corrected chi connectivity index (χ3v) is 2.35. The smallest absolute Gasteiger partial charge is 0.230 e. The van der Waals surface area contributed by atoms with Crippen molar-refractivity contribution in [2.75, 3.05) is 0 Å². The first-order chi connectivity index (χ1) is 8.10. The molecular formula is C13H13N2O2+. The van der Waals surface area contributed by atoms with Gasteiger partial charge in [0.25, 0.3) is 0 Å². The molecule has 0 saturated carbocycles. The Hall–Kier alpha value is -2.28. The molecule has 4 heteroatoms. The first kappa shape index (κ1) is 11.2. The highest BCUT2D eigenvalue weighted by Crippen LogP contribution is 2.25. The molecule has 2 rings (SSSR count). The van der Waals surface area contributed by atoms with Gasteiger partial charge in [0.1, 0.15) is 11.8 Å². The number of benzene rings is 1. The fraction of sp³-hybridized carbons (Fsp3) is 0.231. The van der Waals surface area contributed by atoms with Gasteiger partial charge in [-0.2, -0.15) is 5.26 Å². The van der Waals surface area contributed by atoms with Gasteiger partial charge >= 0.3 is 0 Å². The number of ether oxygens (including phenoxy) is 1. The number of hydrogen-bond donors (Lipinski definition) is 1. The Bertz CT molecular complexity index is 600. The van der Waals surface area contributed by atoms with Crippen molar-refractivity contribution in [3.05, 3.63) is 36.2 Å². The summed E-state index contributed by atoms with van der Waals surface area (Å²) in [4.78, 5) is 0. The molecule has 0 fully saturated rings. The van der Waals surface area contributed by atoms with Gasteiger partial charge in [-0.25, -0.2) is 0 Å². The lowest BCUT2D eigenvalue weighted by atomic mass is 10.1. The van der Waals surface area contributed by atoms with Gasteiger partial charge in [0, 0.05) is 10.8 Å². The van der Waals surface area contributed by atoms with E-state index < -0.39 is 0 Å². The van der Waals surface area contributed by atoms with Gasteiger partial charge in [-0.05, 0) is 31.4 Å². The van der Waals surface area contributed by atoms with Crippen LogP contribution in [0.5, 0.6) is 5.75 Å². The molecule has 0 aliphatic heterocycles. The van der Waals surface area contributed by atoms with E-state index in [4.69, 9.17) is 10.00 Å². The summed E-state index contributed by atoms with van der Waals surface area (Å²) in [5.74, 6) is 0.543. The lowest BCUT2D eigenvalue weighted by molar-refractivity contribution is -0.903. The van der Waals surface area contributed by atoms with E-state index in [1.807, 2.05) is 13.8 Å². The van der Waals surface area contributed by atoms with Crippen LogP contribution in [0.2, 0.25) is 0 Å². The Morgan fingerprint density at radius 1 is 1.35 bits per heavy atom. The second-order valence-corrected chi connectivity index (χ2v) is 4.08.